The average Bonchev–Trinajstić information content (AvgIpc) is 3.10. The largest absolute Gasteiger partial charge is 0.469 e. The molecular formula is C16H27N5O2. The maximum absolute atomic E-state index is 11.6. The lowest BCUT2D eigenvalue weighted by molar-refractivity contribution is -0.146. The molecule has 23 heavy (non-hydrogen) atoms. The van der Waals surface area contributed by atoms with Gasteiger partial charge >= 0.3 is 5.97 Å². The molecule has 1 aliphatic heterocycles. The Balaban J connectivity index is 1.80. The van der Waals surface area contributed by atoms with Gasteiger partial charge in [-0.2, -0.15) is 5.10 Å². The van der Waals surface area contributed by atoms with Crippen molar-refractivity contribution in [2.45, 2.75) is 32.7 Å². The van der Waals surface area contributed by atoms with E-state index in [-0.39, 0.29) is 11.9 Å². The summed E-state index contributed by atoms with van der Waals surface area (Å²) in [6.45, 7) is 6.23. The van der Waals surface area contributed by atoms with Crippen molar-refractivity contribution >= 4 is 11.9 Å². The Labute approximate surface area is 137 Å². The van der Waals surface area contributed by atoms with E-state index in [0.29, 0.717) is 0 Å². The minimum Gasteiger partial charge on any atom is -0.469 e. The summed E-state index contributed by atoms with van der Waals surface area (Å²) in [5.41, 5.74) is 0. The van der Waals surface area contributed by atoms with Crippen LogP contribution in [0.3, 0.4) is 0 Å². The highest BCUT2D eigenvalue weighted by molar-refractivity contribution is 5.80. The molecule has 0 unspecified atom stereocenters. The molecule has 1 fully saturated rings. The Morgan fingerprint density at radius 3 is 2.83 bits per heavy atom. The number of piperidine rings is 1. The molecule has 0 aliphatic carbocycles. The maximum atomic E-state index is 11.6. The van der Waals surface area contributed by atoms with Gasteiger partial charge < -0.3 is 15.0 Å². The van der Waals surface area contributed by atoms with Crippen molar-refractivity contribution in [1.29, 1.82) is 0 Å². The van der Waals surface area contributed by atoms with E-state index in [2.05, 4.69) is 22.2 Å². The predicted octanol–water partition coefficient (Wildman–Crippen LogP) is 1.12. The van der Waals surface area contributed by atoms with E-state index in [0.717, 1.165) is 57.9 Å². The van der Waals surface area contributed by atoms with Gasteiger partial charge in [-0.1, -0.05) is 0 Å². The van der Waals surface area contributed by atoms with Crippen LogP contribution in [-0.4, -0.2) is 59.9 Å². The number of rotatable bonds is 6. The highest BCUT2D eigenvalue weighted by Crippen LogP contribution is 2.18. The first kappa shape index (κ1) is 17.3. The number of aliphatic imine (C=N–C) groups is 1. The molecule has 2 heterocycles. The lowest BCUT2D eigenvalue weighted by atomic mass is 9.97. The third-order valence-electron chi connectivity index (χ3n) is 4.03. The Morgan fingerprint density at radius 2 is 2.22 bits per heavy atom. The summed E-state index contributed by atoms with van der Waals surface area (Å²) >= 11 is 0. The van der Waals surface area contributed by atoms with Crippen LogP contribution in [0, 0.1) is 5.92 Å². The second kappa shape index (κ2) is 9.17. The molecule has 2 rings (SSSR count). The summed E-state index contributed by atoms with van der Waals surface area (Å²) in [4.78, 5) is 18.5. The van der Waals surface area contributed by atoms with Crippen LogP contribution < -0.4 is 5.32 Å². The number of carbonyl (C=O) groups excluding carboxylic acids is 1. The molecule has 0 spiro atoms. The Bertz CT molecular complexity index is 493. The Kier molecular flexibility index (Phi) is 6.90. The fraction of sp³-hybridized carbons (Fsp3) is 0.688. The Hall–Kier alpha value is -2.05. The number of esters is 1. The van der Waals surface area contributed by atoms with Crippen molar-refractivity contribution in [3.8, 4) is 0 Å². The third-order valence-corrected chi connectivity index (χ3v) is 4.03. The van der Waals surface area contributed by atoms with E-state index < -0.39 is 0 Å². The monoisotopic (exact) mass is 321 g/mol. The molecule has 7 nitrogen and oxygen atoms in total. The summed E-state index contributed by atoms with van der Waals surface area (Å²) in [6.07, 6.45) is 6.36. The lowest BCUT2D eigenvalue weighted by Gasteiger charge is -2.33. The number of ether oxygens (including phenoxy) is 1. The van der Waals surface area contributed by atoms with E-state index in [1.165, 1.54) is 7.11 Å². The summed E-state index contributed by atoms with van der Waals surface area (Å²) < 4.78 is 6.76. The third kappa shape index (κ3) is 5.26. The molecule has 1 saturated heterocycles. The molecule has 0 saturated carbocycles. The molecular weight excluding hydrogens is 294 g/mol. The fourth-order valence-electron chi connectivity index (χ4n) is 2.77. The highest BCUT2D eigenvalue weighted by atomic mass is 16.5. The first-order valence-corrected chi connectivity index (χ1v) is 8.33. The zero-order valence-electron chi connectivity index (χ0n) is 14.1. The van der Waals surface area contributed by atoms with Gasteiger partial charge in [-0.05, 0) is 32.3 Å². The van der Waals surface area contributed by atoms with E-state index in [4.69, 9.17) is 9.73 Å². The Morgan fingerprint density at radius 1 is 1.43 bits per heavy atom. The molecule has 1 N–H and O–H groups in total. The molecule has 0 amide bonds. The van der Waals surface area contributed by atoms with E-state index in [1.807, 2.05) is 16.9 Å². The molecule has 1 aromatic heterocycles. The number of likely N-dealkylation sites (tertiary alicyclic amines) is 1. The number of guanidine groups is 1. The molecule has 0 atom stereocenters. The number of carbonyl (C=O) groups is 1. The number of nitrogens with zero attached hydrogens (tertiary/aromatic N) is 4. The van der Waals surface area contributed by atoms with Crippen molar-refractivity contribution in [2.75, 3.05) is 33.3 Å². The summed E-state index contributed by atoms with van der Waals surface area (Å²) in [5, 5.41) is 7.53. The lowest BCUT2D eigenvalue weighted by Crippen LogP contribution is -2.46. The highest BCUT2D eigenvalue weighted by Gasteiger charge is 2.26. The molecule has 0 aromatic carbocycles. The number of aryl methyl sites for hydroxylation is 1. The summed E-state index contributed by atoms with van der Waals surface area (Å²) in [7, 11) is 1.46. The number of nitrogens with one attached hydrogen (secondary N) is 1. The van der Waals surface area contributed by atoms with Crippen molar-refractivity contribution in [3.63, 3.8) is 0 Å². The second-order valence-electron chi connectivity index (χ2n) is 5.64. The van der Waals surface area contributed by atoms with Crippen molar-refractivity contribution in [3.05, 3.63) is 18.5 Å². The molecule has 1 aliphatic rings. The van der Waals surface area contributed by atoms with Crippen LogP contribution >= 0.6 is 0 Å². The van der Waals surface area contributed by atoms with Gasteiger partial charge in [0.15, 0.2) is 5.96 Å². The van der Waals surface area contributed by atoms with Gasteiger partial charge in [-0.3, -0.25) is 14.5 Å². The molecule has 0 radical (unpaired) electrons. The van der Waals surface area contributed by atoms with Gasteiger partial charge in [-0.15, -0.1) is 0 Å². The number of methoxy groups -OCH3 is 1. The van der Waals surface area contributed by atoms with Gasteiger partial charge in [0.1, 0.15) is 0 Å². The second-order valence-corrected chi connectivity index (χ2v) is 5.64. The smallest absolute Gasteiger partial charge is 0.308 e. The SMILES string of the molecule is CCNC(=NCCCn1cccn1)N1CCC(C(=O)OC)CC1. The number of hydrogen-bond donors (Lipinski definition) is 1. The van der Waals surface area contributed by atoms with Crippen LogP contribution in [0.1, 0.15) is 26.2 Å². The maximum Gasteiger partial charge on any atom is 0.308 e. The minimum absolute atomic E-state index is 0.0268. The van der Waals surface area contributed by atoms with Crippen LogP contribution in [0.5, 0.6) is 0 Å². The van der Waals surface area contributed by atoms with Crippen molar-refractivity contribution in [1.82, 2.24) is 20.0 Å². The average molecular weight is 321 g/mol. The normalized spacial score (nSPS) is 16.4. The van der Waals surface area contributed by atoms with Crippen LogP contribution in [0.25, 0.3) is 0 Å². The van der Waals surface area contributed by atoms with Crippen molar-refractivity contribution in [2.24, 2.45) is 10.9 Å². The predicted molar refractivity (Wildman–Crippen MR) is 89.1 cm³/mol. The zero-order chi connectivity index (χ0) is 16.5. The van der Waals surface area contributed by atoms with Gasteiger partial charge in [0.25, 0.3) is 0 Å². The van der Waals surface area contributed by atoms with E-state index >= 15 is 0 Å². The van der Waals surface area contributed by atoms with Crippen LogP contribution in [0.2, 0.25) is 0 Å². The van der Waals surface area contributed by atoms with Gasteiger partial charge in [0, 0.05) is 45.1 Å². The topological polar surface area (TPSA) is 71.8 Å². The fourth-order valence-corrected chi connectivity index (χ4v) is 2.77. The summed E-state index contributed by atoms with van der Waals surface area (Å²) in [5.74, 6) is 0.876. The molecule has 128 valence electrons. The zero-order valence-corrected chi connectivity index (χ0v) is 14.1. The van der Waals surface area contributed by atoms with E-state index in [1.54, 1.807) is 6.20 Å². The molecule has 7 heteroatoms. The van der Waals surface area contributed by atoms with Gasteiger partial charge in [0.05, 0.1) is 13.0 Å². The standard InChI is InChI=1S/C16H27N5O2/c1-3-17-16(18-8-4-10-21-11-5-9-19-21)20-12-6-14(7-13-20)15(22)23-2/h5,9,11,14H,3-4,6-8,10,12-13H2,1-2H3,(H,17,18). The van der Waals surface area contributed by atoms with Gasteiger partial charge in [0.2, 0.25) is 0 Å². The van der Waals surface area contributed by atoms with E-state index in [9.17, 15) is 4.79 Å². The number of aromatic nitrogens is 2. The molecule has 1 aromatic rings. The van der Waals surface area contributed by atoms with Gasteiger partial charge in [-0.25, -0.2) is 0 Å². The minimum atomic E-state index is -0.0918. The first-order chi connectivity index (χ1) is 11.2. The first-order valence-electron chi connectivity index (χ1n) is 8.33. The number of hydrogen-bond acceptors (Lipinski definition) is 4. The molecule has 0 bridgehead atoms. The van der Waals surface area contributed by atoms with Crippen LogP contribution in [0.4, 0.5) is 0 Å². The van der Waals surface area contributed by atoms with Crippen LogP contribution in [-0.2, 0) is 16.1 Å². The van der Waals surface area contributed by atoms with Crippen molar-refractivity contribution < 1.29 is 9.53 Å². The quantitative estimate of drug-likeness (QED) is 0.368. The van der Waals surface area contributed by atoms with Crippen LogP contribution in [0.15, 0.2) is 23.5 Å². The summed E-state index contributed by atoms with van der Waals surface area (Å²) in [6, 6.07) is 1.93.